The number of nitrogens with one attached hydrogen (secondary N) is 1. The van der Waals surface area contributed by atoms with Gasteiger partial charge >= 0.3 is 0 Å². The largest absolute Gasteiger partial charge is 0.388 e. The average molecular weight is 235 g/mol. The second-order valence-corrected chi connectivity index (χ2v) is 4.69. The van der Waals surface area contributed by atoms with Crippen LogP contribution in [0.15, 0.2) is 24.3 Å². The zero-order chi connectivity index (χ0) is 12.8. The minimum atomic E-state index is -0.562. The molecule has 94 valence electrons. The third kappa shape index (κ3) is 5.00. The second kappa shape index (κ2) is 6.40. The van der Waals surface area contributed by atoms with Crippen LogP contribution in [0.3, 0.4) is 0 Å². The van der Waals surface area contributed by atoms with Crippen LogP contribution in [0.4, 0.5) is 0 Å². The van der Waals surface area contributed by atoms with Crippen molar-refractivity contribution in [2.24, 2.45) is 0 Å². The normalized spacial score (nSPS) is 12.5. The maximum Gasteiger partial charge on any atom is 0.220 e. The highest BCUT2D eigenvalue weighted by atomic mass is 16.3. The first-order valence-corrected chi connectivity index (χ1v) is 6.03. The summed E-state index contributed by atoms with van der Waals surface area (Å²) in [6, 6.07) is 7.89. The summed E-state index contributed by atoms with van der Waals surface area (Å²) in [7, 11) is 0. The number of aliphatic hydroxyl groups excluding tert-OH is 1. The molecule has 0 bridgehead atoms. The summed E-state index contributed by atoms with van der Waals surface area (Å²) in [5.41, 5.74) is 2.03. The van der Waals surface area contributed by atoms with Gasteiger partial charge in [0.1, 0.15) is 0 Å². The van der Waals surface area contributed by atoms with E-state index in [0.29, 0.717) is 12.8 Å². The number of carbonyl (C=O) groups is 1. The van der Waals surface area contributed by atoms with Gasteiger partial charge in [-0.1, -0.05) is 29.8 Å². The van der Waals surface area contributed by atoms with Crippen molar-refractivity contribution in [3.05, 3.63) is 35.4 Å². The molecule has 3 heteroatoms. The smallest absolute Gasteiger partial charge is 0.220 e. The van der Waals surface area contributed by atoms with Crippen molar-refractivity contribution in [3.8, 4) is 0 Å². The third-order valence-corrected chi connectivity index (χ3v) is 2.56. The molecule has 1 atom stereocenters. The minimum absolute atomic E-state index is 0.00818. The van der Waals surface area contributed by atoms with Gasteiger partial charge in [-0.2, -0.15) is 0 Å². The lowest BCUT2D eigenvalue weighted by Crippen LogP contribution is -2.30. The van der Waals surface area contributed by atoms with Crippen LogP contribution in [0.5, 0.6) is 0 Å². The highest BCUT2D eigenvalue weighted by molar-refractivity contribution is 5.76. The number of amides is 1. The van der Waals surface area contributed by atoms with Crippen LogP contribution < -0.4 is 5.32 Å². The first kappa shape index (κ1) is 13.7. The van der Waals surface area contributed by atoms with Crippen LogP contribution in [0.25, 0.3) is 0 Å². The number of benzene rings is 1. The van der Waals surface area contributed by atoms with E-state index in [2.05, 4.69) is 5.32 Å². The molecule has 0 aliphatic rings. The number of aliphatic hydroxyl groups is 1. The van der Waals surface area contributed by atoms with Gasteiger partial charge in [-0.05, 0) is 32.8 Å². The minimum Gasteiger partial charge on any atom is -0.388 e. The molecule has 1 aromatic rings. The Bertz CT molecular complexity index is 357. The molecule has 1 unspecified atom stereocenters. The summed E-state index contributed by atoms with van der Waals surface area (Å²) in [5.74, 6) is -0.00818. The quantitative estimate of drug-likeness (QED) is 0.823. The maximum absolute atomic E-state index is 11.4. The standard InChI is InChI=1S/C14H21NO2/c1-10(2)15-14(17)9-8-13(16)12-6-4-11(3)5-7-12/h4-7,10,13,16H,8-9H2,1-3H3,(H,15,17). The predicted octanol–water partition coefficient (Wildman–Crippen LogP) is 2.33. The molecule has 0 saturated carbocycles. The van der Waals surface area contributed by atoms with Gasteiger partial charge in [0.2, 0.25) is 5.91 Å². The molecule has 17 heavy (non-hydrogen) atoms. The first-order chi connectivity index (χ1) is 7.99. The molecule has 0 aliphatic carbocycles. The Kier molecular flexibility index (Phi) is 5.16. The SMILES string of the molecule is Cc1ccc(C(O)CCC(=O)NC(C)C)cc1. The van der Waals surface area contributed by atoms with E-state index >= 15 is 0 Å². The molecule has 0 fully saturated rings. The van der Waals surface area contributed by atoms with Crippen LogP contribution in [0, 0.1) is 6.92 Å². The van der Waals surface area contributed by atoms with Crippen LogP contribution in [0.1, 0.15) is 43.9 Å². The molecule has 0 aliphatic heterocycles. The van der Waals surface area contributed by atoms with E-state index in [9.17, 15) is 9.90 Å². The molecule has 2 N–H and O–H groups in total. The molecular formula is C14H21NO2. The van der Waals surface area contributed by atoms with Crippen LogP contribution in [-0.4, -0.2) is 17.1 Å². The van der Waals surface area contributed by atoms with Crippen LogP contribution in [0.2, 0.25) is 0 Å². The van der Waals surface area contributed by atoms with E-state index in [0.717, 1.165) is 5.56 Å². The zero-order valence-corrected chi connectivity index (χ0v) is 10.7. The fourth-order valence-corrected chi connectivity index (χ4v) is 1.62. The molecule has 0 heterocycles. The van der Waals surface area contributed by atoms with E-state index in [-0.39, 0.29) is 11.9 Å². The maximum atomic E-state index is 11.4. The number of rotatable bonds is 5. The molecule has 1 aromatic carbocycles. The fraction of sp³-hybridized carbons (Fsp3) is 0.500. The van der Waals surface area contributed by atoms with Crippen LogP contribution >= 0.6 is 0 Å². The molecule has 0 spiro atoms. The lowest BCUT2D eigenvalue weighted by Gasteiger charge is -2.12. The van der Waals surface area contributed by atoms with Gasteiger partial charge in [0, 0.05) is 12.5 Å². The van der Waals surface area contributed by atoms with Crippen molar-refractivity contribution in [1.29, 1.82) is 0 Å². The Labute approximate surface area is 103 Å². The Balaban J connectivity index is 2.42. The van der Waals surface area contributed by atoms with E-state index in [4.69, 9.17) is 0 Å². The summed E-state index contributed by atoms with van der Waals surface area (Å²) in [6.45, 7) is 5.86. The van der Waals surface area contributed by atoms with E-state index < -0.39 is 6.10 Å². The second-order valence-electron chi connectivity index (χ2n) is 4.69. The van der Waals surface area contributed by atoms with Gasteiger partial charge in [-0.15, -0.1) is 0 Å². The van der Waals surface area contributed by atoms with Gasteiger partial charge in [0.05, 0.1) is 6.10 Å². The summed E-state index contributed by atoms with van der Waals surface area (Å²) < 4.78 is 0. The predicted molar refractivity (Wildman–Crippen MR) is 68.7 cm³/mol. The molecule has 1 amide bonds. The van der Waals surface area contributed by atoms with E-state index in [1.807, 2.05) is 45.0 Å². The monoisotopic (exact) mass is 235 g/mol. The van der Waals surface area contributed by atoms with Gasteiger partial charge in [0.15, 0.2) is 0 Å². The van der Waals surface area contributed by atoms with Gasteiger partial charge in [-0.25, -0.2) is 0 Å². The van der Waals surface area contributed by atoms with Gasteiger partial charge in [-0.3, -0.25) is 4.79 Å². The lowest BCUT2D eigenvalue weighted by atomic mass is 10.0. The Hall–Kier alpha value is -1.35. The van der Waals surface area contributed by atoms with Gasteiger partial charge in [0.25, 0.3) is 0 Å². The highest BCUT2D eigenvalue weighted by Gasteiger charge is 2.10. The summed E-state index contributed by atoms with van der Waals surface area (Å²) >= 11 is 0. The summed E-state index contributed by atoms with van der Waals surface area (Å²) in [4.78, 5) is 11.4. The van der Waals surface area contributed by atoms with Crippen LogP contribution in [-0.2, 0) is 4.79 Å². The first-order valence-electron chi connectivity index (χ1n) is 6.03. The van der Waals surface area contributed by atoms with E-state index in [1.54, 1.807) is 0 Å². The molecule has 3 nitrogen and oxygen atoms in total. The number of hydrogen-bond acceptors (Lipinski definition) is 2. The molecule has 1 rings (SSSR count). The highest BCUT2D eigenvalue weighted by Crippen LogP contribution is 2.18. The fourth-order valence-electron chi connectivity index (χ4n) is 1.62. The molecule has 0 aromatic heterocycles. The Morgan fingerprint density at radius 2 is 1.88 bits per heavy atom. The molecule has 0 radical (unpaired) electrons. The number of aryl methyl sites for hydroxylation is 1. The summed E-state index contributed by atoms with van der Waals surface area (Å²) in [6.07, 6.45) is 0.253. The Morgan fingerprint density at radius 1 is 1.29 bits per heavy atom. The van der Waals surface area contributed by atoms with Gasteiger partial charge < -0.3 is 10.4 Å². The van der Waals surface area contributed by atoms with Crippen molar-refractivity contribution in [3.63, 3.8) is 0 Å². The Morgan fingerprint density at radius 3 is 2.41 bits per heavy atom. The van der Waals surface area contributed by atoms with Crippen molar-refractivity contribution in [1.82, 2.24) is 5.32 Å². The topological polar surface area (TPSA) is 49.3 Å². The summed E-state index contributed by atoms with van der Waals surface area (Å²) in [5, 5.41) is 12.7. The molecule has 0 saturated heterocycles. The van der Waals surface area contributed by atoms with Crippen molar-refractivity contribution in [2.45, 2.75) is 45.8 Å². The number of carbonyl (C=O) groups excluding carboxylic acids is 1. The van der Waals surface area contributed by atoms with Crippen molar-refractivity contribution in [2.75, 3.05) is 0 Å². The number of hydrogen-bond donors (Lipinski definition) is 2. The van der Waals surface area contributed by atoms with Crippen molar-refractivity contribution >= 4 is 5.91 Å². The molecular weight excluding hydrogens is 214 g/mol. The average Bonchev–Trinajstić information content (AvgIpc) is 2.26. The lowest BCUT2D eigenvalue weighted by molar-refractivity contribution is -0.122. The van der Waals surface area contributed by atoms with Crippen molar-refractivity contribution < 1.29 is 9.90 Å². The van der Waals surface area contributed by atoms with E-state index in [1.165, 1.54) is 5.56 Å². The third-order valence-electron chi connectivity index (χ3n) is 2.56. The zero-order valence-electron chi connectivity index (χ0n) is 10.7.